The molecule has 0 radical (unpaired) electrons. The second-order valence-electron chi connectivity index (χ2n) is 4.71. The van der Waals surface area contributed by atoms with Crippen molar-refractivity contribution in [1.82, 2.24) is 15.3 Å². The van der Waals surface area contributed by atoms with Gasteiger partial charge in [-0.15, -0.1) is 11.3 Å². The van der Waals surface area contributed by atoms with E-state index >= 15 is 0 Å². The number of aromatic nitrogens is 3. The number of hydrogen-bond donors (Lipinski definition) is 0. The van der Waals surface area contributed by atoms with Crippen molar-refractivity contribution in [2.24, 2.45) is 0 Å². The fourth-order valence-corrected chi connectivity index (χ4v) is 3.65. The fraction of sp³-hybridized carbons (Fsp3) is 0. The maximum atomic E-state index is 12.3. The van der Waals surface area contributed by atoms with Crippen LogP contribution in [-0.4, -0.2) is 20.4 Å². The smallest absolute Gasteiger partial charge is 0.243 e. The first-order valence-electron chi connectivity index (χ1n) is 6.75. The Morgan fingerprint density at radius 3 is 2.74 bits per heavy atom. The van der Waals surface area contributed by atoms with Crippen molar-refractivity contribution in [3.8, 4) is 10.6 Å². The van der Waals surface area contributed by atoms with Gasteiger partial charge in [-0.1, -0.05) is 18.2 Å². The molecule has 2 heterocycles. The lowest BCUT2D eigenvalue weighted by Gasteiger charge is -1.97. The lowest BCUT2D eigenvalue weighted by molar-refractivity contribution is 0.108. The molecule has 0 spiro atoms. The van der Waals surface area contributed by atoms with E-state index in [-0.39, 0.29) is 5.12 Å². The highest BCUT2D eigenvalue weighted by Gasteiger charge is 2.14. The van der Waals surface area contributed by atoms with Crippen molar-refractivity contribution in [2.45, 2.75) is 4.90 Å². The second kappa shape index (κ2) is 5.94. The van der Waals surface area contributed by atoms with Crippen molar-refractivity contribution >= 4 is 39.2 Å². The van der Waals surface area contributed by atoms with Crippen LogP contribution in [0.2, 0.25) is 0 Å². The van der Waals surface area contributed by atoms with Crippen LogP contribution in [0.15, 0.2) is 63.4 Å². The zero-order valence-corrected chi connectivity index (χ0v) is 13.3. The van der Waals surface area contributed by atoms with E-state index in [0.29, 0.717) is 16.7 Å². The van der Waals surface area contributed by atoms with E-state index in [1.54, 1.807) is 5.38 Å². The summed E-state index contributed by atoms with van der Waals surface area (Å²) in [4.78, 5) is 17.6. The molecule has 0 unspecified atom stereocenters. The Labute approximate surface area is 139 Å². The second-order valence-corrected chi connectivity index (χ2v) is 6.61. The fourth-order valence-electron chi connectivity index (χ4n) is 2.06. The van der Waals surface area contributed by atoms with Crippen LogP contribution in [0.25, 0.3) is 21.6 Å². The largest absolute Gasteiger partial charge is 0.279 e. The van der Waals surface area contributed by atoms with E-state index in [1.807, 2.05) is 48.5 Å². The van der Waals surface area contributed by atoms with Gasteiger partial charge in [0.15, 0.2) is 0 Å². The van der Waals surface area contributed by atoms with E-state index in [9.17, 15) is 4.79 Å². The summed E-state index contributed by atoms with van der Waals surface area (Å²) in [5.41, 5.74) is 2.71. The molecule has 2 aromatic heterocycles. The molecule has 4 aromatic rings. The van der Waals surface area contributed by atoms with Crippen LogP contribution in [-0.2, 0) is 0 Å². The van der Waals surface area contributed by atoms with Gasteiger partial charge in [-0.3, -0.25) is 4.79 Å². The van der Waals surface area contributed by atoms with Gasteiger partial charge in [-0.25, -0.2) is 9.61 Å². The average molecular weight is 339 g/mol. The summed E-state index contributed by atoms with van der Waals surface area (Å²) in [5.74, 6) is 0. The van der Waals surface area contributed by atoms with Gasteiger partial charge in [0.05, 0.1) is 0 Å². The zero-order chi connectivity index (χ0) is 15.6. The SMILES string of the molecule is O=C(Sc1ccccc1)c1csc(-c2ccc3nonc3c2)n1. The third kappa shape index (κ3) is 2.88. The van der Waals surface area contributed by atoms with E-state index in [2.05, 4.69) is 15.3 Å². The van der Waals surface area contributed by atoms with Crippen molar-refractivity contribution in [3.63, 3.8) is 0 Å². The van der Waals surface area contributed by atoms with E-state index in [4.69, 9.17) is 4.63 Å². The van der Waals surface area contributed by atoms with E-state index in [1.165, 1.54) is 23.1 Å². The number of benzene rings is 2. The molecule has 2 aromatic carbocycles. The monoisotopic (exact) mass is 339 g/mol. The Bertz CT molecular complexity index is 979. The van der Waals surface area contributed by atoms with Crippen LogP contribution in [0.1, 0.15) is 10.5 Å². The summed E-state index contributed by atoms with van der Waals surface area (Å²) < 4.78 is 4.69. The van der Waals surface area contributed by atoms with Crippen LogP contribution in [0, 0.1) is 0 Å². The standard InChI is InChI=1S/C16H9N3O2S2/c20-16(23-11-4-2-1-3-5-11)14-9-22-15(17-14)10-6-7-12-13(8-10)19-21-18-12/h1-9H. The molecular formula is C16H9N3O2S2. The van der Waals surface area contributed by atoms with Crippen LogP contribution in [0.5, 0.6) is 0 Å². The lowest BCUT2D eigenvalue weighted by atomic mass is 10.2. The zero-order valence-electron chi connectivity index (χ0n) is 11.7. The summed E-state index contributed by atoms with van der Waals surface area (Å²) in [7, 11) is 0. The first-order chi connectivity index (χ1) is 11.3. The van der Waals surface area contributed by atoms with Gasteiger partial charge in [0, 0.05) is 15.8 Å². The molecule has 5 nitrogen and oxygen atoms in total. The van der Waals surface area contributed by atoms with E-state index < -0.39 is 0 Å². The Morgan fingerprint density at radius 2 is 1.87 bits per heavy atom. The Morgan fingerprint density at radius 1 is 1.04 bits per heavy atom. The van der Waals surface area contributed by atoms with Crippen LogP contribution >= 0.6 is 23.1 Å². The number of thioether (sulfide) groups is 1. The molecule has 0 amide bonds. The third-order valence-electron chi connectivity index (χ3n) is 3.17. The third-order valence-corrected chi connectivity index (χ3v) is 4.96. The quantitative estimate of drug-likeness (QED) is 0.519. The van der Waals surface area contributed by atoms with Crippen LogP contribution in [0.3, 0.4) is 0 Å². The molecule has 0 saturated heterocycles. The minimum Gasteiger partial charge on any atom is -0.279 e. The Hall–Kier alpha value is -2.51. The summed E-state index contributed by atoms with van der Waals surface area (Å²) in [6.45, 7) is 0. The molecule has 7 heteroatoms. The first-order valence-corrected chi connectivity index (χ1v) is 8.45. The summed E-state index contributed by atoms with van der Waals surface area (Å²) in [5, 5.41) is 10.1. The molecule has 0 aliphatic rings. The maximum absolute atomic E-state index is 12.3. The number of carbonyl (C=O) groups is 1. The molecule has 23 heavy (non-hydrogen) atoms. The molecule has 0 aliphatic carbocycles. The van der Waals surface area contributed by atoms with Gasteiger partial charge < -0.3 is 0 Å². The van der Waals surface area contributed by atoms with Gasteiger partial charge in [-0.05, 0) is 52.4 Å². The van der Waals surface area contributed by atoms with Gasteiger partial charge in [0.2, 0.25) is 5.12 Å². The minimum absolute atomic E-state index is 0.0668. The topological polar surface area (TPSA) is 68.9 Å². The molecular weight excluding hydrogens is 330 g/mol. The predicted octanol–water partition coefficient (Wildman–Crippen LogP) is 4.28. The van der Waals surface area contributed by atoms with Gasteiger partial charge in [0.25, 0.3) is 0 Å². The molecule has 0 aliphatic heterocycles. The van der Waals surface area contributed by atoms with Gasteiger partial charge in [0.1, 0.15) is 21.7 Å². The lowest BCUT2D eigenvalue weighted by Crippen LogP contribution is -1.93. The van der Waals surface area contributed by atoms with E-state index in [0.717, 1.165) is 15.5 Å². The van der Waals surface area contributed by atoms with Crippen molar-refractivity contribution < 1.29 is 9.42 Å². The number of thiazole rings is 1. The Kier molecular flexibility index (Phi) is 3.64. The van der Waals surface area contributed by atoms with Gasteiger partial charge >= 0.3 is 0 Å². The highest BCUT2D eigenvalue weighted by molar-refractivity contribution is 8.14. The summed E-state index contributed by atoms with van der Waals surface area (Å²) in [6.07, 6.45) is 0. The molecule has 0 bridgehead atoms. The summed E-state index contributed by atoms with van der Waals surface area (Å²) >= 11 is 2.61. The number of hydrogen-bond acceptors (Lipinski definition) is 7. The molecule has 0 fully saturated rings. The highest BCUT2D eigenvalue weighted by Crippen LogP contribution is 2.29. The highest BCUT2D eigenvalue weighted by atomic mass is 32.2. The van der Waals surface area contributed by atoms with Crippen molar-refractivity contribution in [3.05, 3.63) is 59.6 Å². The van der Waals surface area contributed by atoms with Crippen molar-refractivity contribution in [1.29, 1.82) is 0 Å². The Balaban J connectivity index is 1.59. The van der Waals surface area contributed by atoms with Crippen molar-refractivity contribution in [2.75, 3.05) is 0 Å². The number of rotatable bonds is 3. The molecule has 0 N–H and O–H groups in total. The molecule has 112 valence electrons. The number of fused-ring (bicyclic) bond motifs is 1. The minimum atomic E-state index is -0.0668. The first kappa shape index (κ1) is 14.1. The molecule has 0 saturated carbocycles. The molecule has 0 atom stereocenters. The summed E-state index contributed by atoms with van der Waals surface area (Å²) in [6, 6.07) is 15.1. The predicted molar refractivity (Wildman–Crippen MR) is 89.5 cm³/mol. The number of carbonyl (C=O) groups excluding carboxylic acids is 1. The normalized spacial score (nSPS) is 11.0. The number of nitrogens with zero attached hydrogens (tertiary/aromatic N) is 3. The van der Waals surface area contributed by atoms with Crippen LogP contribution in [0.4, 0.5) is 0 Å². The average Bonchev–Trinajstić information content (AvgIpc) is 3.24. The maximum Gasteiger partial charge on any atom is 0.243 e. The molecule has 4 rings (SSSR count). The van der Waals surface area contributed by atoms with Gasteiger partial charge in [-0.2, -0.15) is 0 Å². The van der Waals surface area contributed by atoms with Crippen LogP contribution < -0.4 is 0 Å².